The number of carbonyl (C=O) groups excluding carboxylic acids is 1. The van der Waals surface area contributed by atoms with Crippen LogP contribution in [0.5, 0.6) is 0 Å². The van der Waals surface area contributed by atoms with Gasteiger partial charge in [0.05, 0.1) is 18.3 Å². The zero-order valence-electron chi connectivity index (χ0n) is 20.7. The fourth-order valence-corrected chi connectivity index (χ4v) is 8.64. The summed E-state index contributed by atoms with van der Waals surface area (Å²) in [6.45, 7) is 11.2. The Morgan fingerprint density at radius 2 is 1.88 bits per heavy atom. The van der Waals surface area contributed by atoms with Crippen molar-refractivity contribution in [3.63, 3.8) is 0 Å². The molecule has 0 aromatic heterocycles. The van der Waals surface area contributed by atoms with Gasteiger partial charge < -0.3 is 9.84 Å². The number of ether oxygens (including phenoxy) is 1. The molecule has 0 bridgehead atoms. The number of aliphatic imine (C=N–C) groups is 1. The van der Waals surface area contributed by atoms with Crippen molar-refractivity contribution in [3.05, 3.63) is 48.1 Å². The van der Waals surface area contributed by atoms with E-state index in [1.165, 1.54) is 11.3 Å². The number of carbonyl (C=O) groups is 1. The van der Waals surface area contributed by atoms with Crippen molar-refractivity contribution < 1.29 is 14.6 Å². The maximum absolute atomic E-state index is 12.4. The van der Waals surface area contributed by atoms with Crippen molar-refractivity contribution in [3.8, 4) is 0 Å². The molecule has 1 spiro atoms. The van der Waals surface area contributed by atoms with Gasteiger partial charge in [0.15, 0.2) is 0 Å². The van der Waals surface area contributed by atoms with E-state index in [-0.39, 0.29) is 34.6 Å². The molecule has 3 saturated carbocycles. The first-order valence-electron chi connectivity index (χ1n) is 12.7. The summed E-state index contributed by atoms with van der Waals surface area (Å²) in [6, 6.07) is 0. The molecule has 178 valence electrons. The molecule has 1 aliphatic heterocycles. The summed E-state index contributed by atoms with van der Waals surface area (Å²) >= 11 is 0. The molecule has 5 aliphatic carbocycles. The molecule has 6 unspecified atom stereocenters. The minimum absolute atomic E-state index is 0.0157. The van der Waals surface area contributed by atoms with Gasteiger partial charge in [0.2, 0.25) is 0 Å². The lowest BCUT2D eigenvalue weighted by Gasteiger charge is -2.66. The Hall–Kier alpha value is -1.78. The number of rotatable bonds is 1. The Morgan fingerprint density at radius 1 is 1.15 bits per heavy atom. The van der Waals surface area contributed by atoms with Crippen LogP contribution >= 0.6 is 0 Å². The molecule has 1 heterocycles. The van der Waals surface area contributed by atoms with Crippen molar-refractivity contribution in [1.82, 2.24) is 0 Å². The van der Waals surface area contributed by atoms with Gasteiger partial charge in [0.25, 0.3) is 0 Å². The molecule has 1 N–H and O–H groups in total. The highest BCUT2D eigenvalue weighted by Gasteiger charge is 2.73. The zero-order chi connectivity index (χ0) is 23.6. The van der Waals surface area contributed by atoms with E-state index in [1.54, 1.807) is 0 Å². The molecular formula is C29H39NO3. The number of aliphatic hydroxyl groups excluding tert-OH is 1. The molecule has 0 aromatic carbocycles. The molecule has 4 nitrogen and oxygen atoms in total. The van der Waals surface area contributed by atoms with Gasteiger partial charge >= 0.3 is 0 Å². The SMILES string of the molecule is C1=CCC=C1.C=C1C=C2C1(CO)CCC1C2(C)C(=NC)CC2C(C)(C)OC3CC(=O)CCC321. The van der Waals surface area contributed by atoms with E-state index in [1.807, 2.05) is 7.05 Å². The number of fused-ring (bicyclic) bond motifs is 3. The summed E-state index contributed by atoms with van der Waals surface area (Å²) in [4.78, 5) is 17.2. The molecule has 4 heteroatoms. The van der Waals surface area contributed by atoms with Crippen molar-refractivity contribution in [2.24, 2.45) is 33.1 Å². The van der Waals surface area contributed by atoms with Crippen LogP contribution in [0.1, 0.15) is 65.7 Å². The van der Waals surface area contributed by atoms with Crippen LogP contribution in [-0.4, -0.2) is 42.0 Å². The summed E-state index contributed by atoms with van der Waals surface area (Å²) in [5.74, 6) is 1.14. The van der Waals surface area contributed by atoms with Crippen LogP contribution in [-0.2, 0) is 9.53 Å². The number of ketones is 1. The van der Waals surface area contributed by atoms with Crippen LogP contribution in [0.15, 0.2) is 53.1 Å². The Bertz CT molecular complexity index is 990. The summed E-state index contributed by atoms with van der Waals surface area (Å²) in [7, 11) is 1.92. The average molecular weight is 450 g/mol. The van der Waals surface area contributed by atoms with E-state index < -0.39 is 0 Å². The lowest BCUT2D eigenvalue weighted by Crippen LogP contribution is -2.65. The molecule has 1 saturated heterocycles. The first kappa shape index (κ1) is 23.0. The van der Waals surface area contributed by atoms with E-state index in [2.05, 4.69) is 57.7 Å². The number of hydrogen-bond acceptors (Lipinski definition) is 4. The summed E-state index contributed by atoms with van der Waals surface area (Å²) in [6.07, 6.45) is 16.8. The normalized spacial score (nSPS) is 45.3. The fraction of sp³-hybridized carbons (Fsp3) is 0.655. The molecule has 0 amide bonds. The zero-order valence-corrected chi connectivity index (χ0v) is 20.7. The van der Waals surface area contributed by atoms with Crippen molar-refractivity contribution in [2.45, 2.75) is 77.4 Å². The van der Waals surface area contributed by atoms with Crippen LogP contribution in [0.2, 0.25) is 0 Å². The van der Waals surface area contributed by atoms with Crippen LogP contribution in [0.3, 0.4) is 0 Å². The summed E-state index contributed by atoms with van der Waals surface area (Å²) in [5.41, 5.74) is 3.00. The van der Waals surface area contributed by atoms with Crippen LogP contribution in [0.4, 0.5) is 0 Å². The van der Waals surface area contributed by atoms with E-state index in [0.29, 0.717) is 30.5 Å². The van der Waals surface area contributed by atoms with Gasteiger partial charge in [-0.1, -0.05) is 43.9 Å². The maximum Gasteiger partial charge on any atom is 0.135 e. The highest BCUT2D eigenvalue weighted by atomic mass is 16.5. The fourth-order valence-electron chi connectivity index (χ4n) is 8.64. The van der Waals surface area contributed by atoms with E-state index in [0.717, 1.165) is 37.7 Å². The molecule has 6 aliphatic rings. The van der Waals surface area contributed by atoms with Gasteiger partial charge in [0, 0.05) is 47.8 Å². The summed E-state index contributed by atoms with van der Waals surface area (Å²) in [5, 5.41) is 10.3. The number of allylic oxidation sites excluding steroid dienone is 5. The third-order valence-corrected chi connectivity index (χ3v) is 10.2. The Kier molecular flexibility index (Phi) is 5.30. The Labute approximate surface area is 198 Å². The summed E-state index contributed by atoms with van der Waals surface area (Å²) < 4.78 is 6.64. The average Bonchev–Trinajstić information content (AvgIpc) is 3.42. The van der Waals surface area contributed by atoms with Crippen LogP contribution in [0, 0.1) is 28.1 Å². The first-order valence-corrected chi connectivity index (χ1v) is 12.7. The van der Waals surface area contributed by atoms with Crippen molar-refractivity contribution >= 4 is 11.5 Å². The molecule has 0 radical (unpaired) electrons. The van der Waals surface area contributed by atoms with E-state index in [4.69, 9.17) is 9.73 Å². The van der Waals surface area contributed by atoms with E-state index in [9.17, 15) is 9.90 Å². The molecule has 0 aromatic rings. The maximum atomic E-state index is 12.4. The van der Waals surface area contributed by atoms with Gasteiger partial charge in [-0.3, -0.25) is 9.79 Å². The quantitative estimate of drug-likeness (QED) is 0.584. The van der Waals surface area contributed by atoms with Crippen molar-refractivity contribution in [2.75, 3.05) is 13.7 Å². The third kappa shape index (κ3) is 2.89. The third-order valence-electron chi connectivity index (χ3n) is 10.2. The van der Waals surface area contributed by atoms with Gasteiger partial charge in [-0.05, 0) is 63.0 Å². The van der Waals surface area contributed by atoms with E-state index >= 15 is 0 Å². The molecule has 33 heavy (non-hydrogen) atoms. The van der Waals surface area contributed by atoms with Crippen LogP contribution in [0.25, 0.3) is 0 Å². The van der Waals surface area contributed by atoms with Gasteiger partial charge in [-0.2, -0.15) is 0 Å². The molecule has 6 atom stereocenters. The highest BCUT2D eigenvalue weighted by molar-refractivity contribution is 5.96. The standard InChI is InChI=1S/C24H33NO3.C5H6/c1-14-10-18-22(4)16(7-8-23(14,18)13-26)24-9-6-15(27)11-20(24)28-21(2,3)17(24)12-19(22)25-5;1-2-4-5-3-1/h10,16-17,20,26H,1,6-9,11-13H2,2-5H3;1-4H,5H2. The molecular weight excluding hydrogens is 410 g/mol. The number of aliphatic hydroxyl groups is 1. The highest BCUT2D eigenvalue weighted by Crippen LogP contribution is 2.74. The number of Topliss-reactive ketones (excluding diaryl/α,β-unsaturated/α-hetero) is 1. The smallest absolute Gasteiger partial charge is 0.135 e. The Morgan fingerprint density at radius 3 is 2.45 bits per heavy atom. The molecule has 6 rings (SSSR count). The lowest BCUT2D eigenvalue weighted by molar-refractivity contribution is -0.136. The number of hydrogen-bond donors (Lipinski definition) is 1. The monoisotopic (exact) mass is 449 g/mol. The predicted octanol–water partition coefficient (Wildman–Crippen LogP) is 5.39. The first-order chi connectivity index (χ1) is 15.7. The van der Waals surface area contributed by atoms with Gasteiger partial charge in [-0.25, -0.2) is 0 Å². The second-order valence-corrected chi connectivity index (χ2v) is 11.7. The number of nitrogens with zero attached hydrogens (tertiary/aromatic N) is 1. The minimum Gasteiger partial charge on any atom is -0.395 e. The second-order valence-electron chi connectivity index (χ2n) is 11.7. The topological polar surface area (TPSA) is 58.9 Å². The van der Waals surface area contributed by atoms with Crippen LogP contribution < -0.4 is 0 Å². The largest absolute Gasteiger partial charge is 0.395 e. The van der Waals surface area contributed by atoms with Gasteiger partial charge in [-0.15, -0.1) is 0 Å². The minimum atomic E-state index is -0.264. The molecule has 4 fully saturated rings. The Balaban J connectivity index is 0.000000406. The lowest BCUT2D eigenvalue weighted by atomic mass is 9.36. The van der Waals surface area contributed by atoms with Gasteiger partial charge in [0.1, 0.15) is 5.78 Å². The van der Waals surface area contributed by atoms with Crippen molar-refractivity contribution in [1.29, 1.82) is 0 Å². The predicted molar refractivity (Wildman–Crippen MR) is 132 cm³/mol. The second kappa shape index (κ2) is 7.61.